The van der Waals surface area contributed by atoms with Crippen molar-refractivity contribution in [2.75, 3.05) is 37.6 Å². The molecule has 2 atom stereocenters. The monoisotopic (exact) mass is 558 g/mol. The topological polar surface area (TPSA) is 87.4 Å². The maximum atomic E-state index is 13.2. The first-order chi connectivity index (χ1) is 16.0. The number of benzene rings is 1. The Kier molecular flexibility index (Phi) is 6.78. The Morgan fingerprint density at radius 1 is 1.26 bits per heavy atom. The van der Waals surface area contributed by atoms with Gasteiger partial charge in [-0.2, -0.15) is 13.2 Å². The molecule has 7 nitrogen and oxygen atoms in total. The molecule has 2 aliphatic rings. The van der Waals surface area contributed by atoms with Crippen molar-refractivity contribution in [3.05, 3.63) is 33.9 Å². The predicted molar refractivity (Wildman–Crippen MR) is 129 cm³/mol. The van der Waals surface area contributed by atoms with Crippen LogP contribution in [0, 0.1) is 22.7 Å². The third-order valence-electron chi connectivity index (χ3n) is 6.41. The average molecular weight is 560 g/mol. The maximum absolute atomic E-state index is 13.2. The van der Waals surface area contributed by atoms with E-state index in [1.807, 2.05) is 25.1 Å². The lowest BCUT2D eigenvalue weighted by Crippen LogP contribution is -2.58. The summed E-state index contributed by atoms with van der Waals surface area (Å²) in [5.74, 6) is -2.46. The van der Waals surface area contributed by atoms with Crippen LogP contribution in [0.5, 0.6) is 0 Å². The Labute approximate surface area is 208 Å². The van der Waals surface area contributed by atoms with Gasteiger partial charge in [-0.3, -0.25) is 20.6 Å². The molecule has 0 spiro atoms. The Morgan fingerprint density at radius 3 is 2.65 bits per heavy atom. The zero-order valence-electron chi connectivity index (χ0n) is 18.3. The van der Waals surface area contributed by atoms with Crippen LogP contribution >= 0.6 is 27.5 Å². The second-order valence-electron chi connectivity index (χ2n) is 8.64. The third-order valence-corrected chi connectivity index (χ3v) is 7.18. The number of pyridine rings is 1. The molecule has 4 rings (SSSR count). The normalized spacial score (nSPS) is 21.8. The van der Waals surface area contributed by atoms with Gasteiger partial charge in [-0.25, -0.2) is 0 Å². The van der Waals surface area contributed by atoms with Gasteiger partial charge in [0.25, 0.3) is 0 Å². The molecule has 12 heteroatoms. The molecule has 0 saturated carbocycles. The van der Waals surface area contributed by atoms with E-state index in [0.29, 0.717) is 29.4 Å². The number of rotatable bonds is 2. The van der Waals surface area contributed by atoms with Crippen LogP contribution in [-0.2, 0) is 4.79 Å². The van der Waals surface area contributed by atoms with Crippen LogP contribution in [0.15, 0.2) is 28.9 Å². The number of amides is 1. The summed E-state index contributed by atoms with van der Waals surface area (Å²) in [6.45, 7) is 2.74. The molecule has 2 fully saturated rings. The molecule has 3 heterocycles. The largest absolute Gasteiger partial charge is 0.449 e. The van der Waals surface area contributed by atoms with Crippen molar-refractivity contribution in [3.63, 3.8) is 0 Å². The van der Waals surface area contributed by atoms with Crippen LogP contribution in [0.2, 0.25) is 5.02 Å². The molecule has 2 saturated heterocycles. The van der Waals surface area contributed by atoms with E-state index in [9.17, 15) is 18.0 Å². The number of fused-ring (bicyclic) bond motifs is 1. The van der Waals surface area contributed by atoms with Gasteiger partial charge in [-0.05, 0) is 30.5 Å². The highest BCUT2D eigenvalue weighted by molar-refractivity contribution is 9.10. The number of piperidine rings is 1. The molecule has 2 aliphatic heterocycles. The molecule has 1 aromatic heterocycles. The second-order valence-corrected chi connectivity index (χ2v) is 9.96. The number of alkyl halides is 3. The molecular weight excluding hydrogens is 537 g/mol. The Hall–Kier alpha value is -2.40. The minimum absolute atomic E-state index is 0.0309. The Balaban J connectivity index is 1.45. The number of hydrogen-bond acceptors (Lipinski definition) is 5. The number of anilines is 1. The van der Waals surface area contributed by atoms with Crippen molar-refractivity contribution in [3.8, 4) is 0 Å². The second kappa shape index (κ2) is 9.33. The first-order valence-corrected chi connectivity index (χ1v) is 11.9. The minimum Gasteiger partial charge on any atom is -0.369 e. The molecule has 0 radical (unpaired) electrons. The Morgan fingerprint density at radius 2 is 2.00 bits per heavy atom. The number of piperazine rings is 1. The van der Waals surface area contributed by atoms with Gasteiger partial charge in [0.05, 0.1) is 22.8 Å². The first-order valence-electron chi connectivity index (χ1n) is 10.8. The highest BCUT2D eigenvalue weighted by Gasteiger charge is 2.43. The minimum atomic E-state index is -4.83. The van der Waals surface area contributed by atoms with Gasteiger partial charge in [-0.15, -0.1) is 0 Å². The lowest BCUT2D eigenvalue weighted by molar-refractivity contribution is -0.137. The van der Waals surface area contributed by atoms with E-state index in [2.05, 4.69) is 25.8 Å². The van der Waals surface area contributed by atoms with Crippen LogP contribution in [0.3, 0.4) is 0 Å². The smallest absolute Gasteiger partial charge is 0.369 e. The van der Waals surface area contributed by atoms with Crippen molar-refractivity contribution in [2.45, 2.75) is 19.5 Å². The fraction of sp³-hybridized carbons (Fsp3) is 0.455. The van der Waals surface area contributed by atoms with Crippen LogP contribution in [0.4, 0.5) is 18.9 Å². The number of hydrogen-bond donors (Lipinski definition) is 2. The number of nitrogens with one attached hydrogen (secondary N) is 2. The van der Waals surface area contributed by atoms with E-state index in [-0.39, 0.29) is 37.4 Å². The summed E-state index contributed by atoms with van der Waals surface area (Å²) in [4.78, 5) is 21.8. The molecule has 2 aromatic rings. The summed E-state index contributed by atoms with van der Waals surface area (Å²) in [5, 5.41) is 16.7. The van der Waals surface area contributed by atoms with Gasteiger partial charge in [0.1, 0.15) is 5.84 Å². The fourth-order valence-electron chi connectivity index (χ4n) is 4.69. The van der Waals surface area contributed by atoms with Gasteiger partial charge in [0, 0.05) is 48.2 Å². The highest BCUT2D eigenvalue weighted by atomic mass is 79.9. The van der Waals surface area contributed by atoms with Gasteiger partial charge in [0.15, 0.2) is 0 Å². The summed E-state index contributed by atoms with van der Waals surface area (Å²) in [6, 6.07) is 5.80. The predicted octanol–water partition coefficient (Wildman–Crippen LogP) is 4.77. The van der Waals surface area contributed by atoms with Crippen molar-refractivity contribution in [1.82, 2.24) is 14.8 Å². The van der Waals surface area contributed by atoms with E-state index in [4.69, 9.17) is 22.4 Å². The lowest BCUT2D eigenvalue weighted by Gasteiger charge is -2.42. The van der Waals surface area contributed by atoms with E-state index in [0.717, 1.165) is 21.1 Å². The van der Waals surface area contributed by atoms with Crippen LogP contribution in [0.1, 0.15) is 13.3 Å². The third kappa shape index (κ3) is 4.72. The quantitative estimate of drug-likeness (QED) is 0.410. The van der Waals surface area contributed by atoms with Crippen LogP contribution in [0.25, 0.3) is 10.9 Å². The van der Waals surface area contributed by atoms with Gasteiger partial charge in [0.2, 0.25) is 11.7 Å². The van der Waals surface area contributed by atoms with E-state index >= 15 is 0 Å². The van der Waals surface area contributed by atoms with Gasteiger partial charge >= 0.3 is 6.18 Å². The summed E-state index contributed by atoms with van der Waals surface area (Å²) < 4.78 is 39.5. The molecule has 1 amide bonds. The van der Waals surface area contributed by atoms with Gasteiger partial charge < -0.3 is 14.7 Å². The van der Waals surface area contributed by atoms with E-state index in [1.54, 1.807) is 6.20 Å². The summed E-state index contributed by atoms with van der Waals surface area (Å²) in [5.41, 5.74) is 1.68. The SMILES string of the molecule is CC1CN(c2c(Cl)cnc3cc(Br)ccc23)CCC1C(=O)N1CCN(C(=N)C(F)(F)F)C(=N)C1. The molecule has 0 aliphatic carbocycles. The van der Waals surface area contributed by atoms with E-state index < -0.39 is 17.8 Å². The van der Waals surface area contributed by atoms with Crippen molar-refractivity contribution >= 4 is 61.7 Å². The number of carbonyl (C=O) groups excluding carboxylic acids is 1. The summed E-state index contributed by atoms with van der Waals surface area (Å²) in [6.07, 6.45) is -2.64. The van der Waals surface area contributed by atoms with Crippen LogP contribution < -0.4 is 4.90 Å². The molecule has 2 N–H and O–H groups in total. The molecule has 182 valence electrons. The average Bonchev–Trinajstić information content (AvgIpc) is 2.77. The van der Waals surface area contributed by atoms with Crippen molar-refractivity contribution in [2.24, 2.45) is 11.8 Å². The molecular formula is C22H23BrClF3N6O. The number of carbonyl (C=O) groups is 1. The fourth-order valence-corrected chi connectivity index (χ4v) is 5.31. The summed E-state index contributed by atoms with van der Waals surface area (Å²) in [7, 11) is 0. The standard InChI is InChI=1S/C22H23BrClF3N6O/c1-12-10-31(19-15-3-2-13(23)8-17(15)30-9-16(19)24)5-4-14(12)20(34)32-6-7-33(18(28)11-32)21(29)22(25,26)27/h2-3,8-9,12,14,28-29H,4-7,10-11H2,1H3. The van der Waals surface area contributed by atoms with E-state index in [1.165, 1.54) is 4.90 Å². The number of aromatic nitrogens is 1. The number of halogens is 5. The van der Waals surface area contributed by atoms with Crippen LogP contribution in [-0.4, -0.2) is 71.3 Å². The van der Waals surface area contributed by atoms with Crippen molar-refractivity contribution in [1.29, 1.82) is 10.8 Å². The molecule has 2 unspecified atom stereocenters. The van der Waals surface area contributed by atoms with Crippen molar-refractivity contribution < 1.29 is 18.0 Å². The molecule has 34 heavy (non-hydrogen) atoms. The Bertz CT molecular complexity index is 1160. The number of amidine groups is 2. The zero-order chi connectivity index (χ0) is 24.8. The van der Waals surface area contributed by atoms with Gasteiger partial charge in [-0.1, -0.05) is 34.5 Å². The number of nitrogens with zero attached hydrogens (tertiary/aromatic N) is 4. The molecule has 0 bridgehead atoms. The highest BCUT2D eigenvalue weighted by Crippen LogP contribution is 2.38. The first kappa shape index (κ1) is 24.7. The summed E-state index contributed by atoms with van der Waals surface area (Å²) >= 11 is 9.97. The molecule has 1 aromatic carbocycles. The lowest BCUT2D eigenvalue weighted by atomic mass is 9.85. The maximum Gasteiger partial charge on any atom is 0.449 e. The zero-order valence-corrected chi connectivity index (χ0v) is 20.6.